The van der Waals surface area contributed by atoms with Gasteiger partial charge in [-0.2, -0.15) is 4.98 Å². The van der Waals surface area contributed by atoms with Gasteiger partial charge in [0.05, 0.1) is 10.9 Å². The Labute approximate surface area is 141 Å². The molecule has 0 fully saturated rings. The lowest BCUT2D eigenvalue weighted by Gasteiger charge is -2.30. The summed E-state index contributed by atoms with van der Waals surface area (Å²) < 4.78 is 11.7. The smallest absolute Gasteiger partial charge is 0.284 e. The first-order valence-corrected chi connectivity index (χ1v) is 7.99. The van der Waals surface area contributed by atoms with Gasteiger partial charge in [0.15, 0.2) is 11.5 Å². The molecule has 0 saturated carbocycles. The van der Waals surface area contributed by atoms with Crippen LogP contribution in [0.3, 0.4) is 0 Å². The minimum absolute atomic E-state index is 0.324. The van der Waals surface area contributed by atoms with Crippen molar-refractivity contribution >= 4 is 35.7 Å². The summed E-state index contributed by atoms with van der Waals surface area (Å²) in [6.07, 6.45) is 3.53. The van der Waals surface area contributed by atoms with E-state index in [2.05, 4.69) is 4.98 Å². The van der Waals surface area contributed by atoms with Crippen LogP contribution in [0.5, 0.6) is 5.75 Å². The van der Waals surface area contributed by atoms with Crippen LogP contribution in [0.1, 0.15) is 32.2 Å². The minimum Gasteiger partial charge on any atom is -0.492 e. The third kappa shape index (κ3) is 2.50. The Bertz CT molecular complexity index is 1020. The van der Waals surface area contributed by atoms with E-state index in [0.29, 0.717) is 28.2 Å². The second kappa shape index (κ2) is 5.82. The van der Waals surface area contributed by atoms with E-state index in [4.69, 9.17) is 17.0 Å². The van der Waals surface area contributed by atoms with E-state index in [9.17, 15) is 4.79 Å². The maximum atomic E-state index is 12.4. The van der Waals surface area contributed by atoms with Gasteiger partial charge < -0.3 is 9.15 Å². The van der Waals surface area contributed by atoms with Crippen molar-refractivity contribution in [3.05, 3.63) is 52.1 Å². The lowest BCUT2D eigenvalue weighted by atomic mass is 9.80. The van der Waals surface area contributed by atoms with E-state index in [0.717, 1.165) is 10.8 Å². The zero-order valence-corrected chi connectivity index (χ0v) is 14.2. The normalized spacial score (nSPS) is 18.7. The average Bonchev–Trinajstić information content (AvgIpc) is 2.56. The number of ether oxygens (including phenoxy) is 1. The summed E-state index contributed by atoms with van der Waals surface area (Å²) in [7, 11) is 6.06. The van der Waals surface area contributed by atoms with Crippen LogP contribution in [0, 0.1) is 6.92 Å². The fourth-order valence-electron chi connectivity index (χ4n) is 2.85. The van der Waals surface area contributed by atoms with Crippen molar-refractivity contribution in [1.29, 1.82) is 0 Å². The molecule has 0 aliphatic carbocycles. The number of fused-ring (bicyclic) bond motifs is 6. The van der Waals surface area contributed by atoms with Gasteiger partial charge in [0, 0.05) is 23.3 Å². The highest BCUT2D eigenvalue weighted by Crippen LogP contribution is 2.41. The fourth-order valence-corrected chi connectivity index (χ4v) is 2.85. The Hall–Kier alpha value is -2.56. The lowest BCUT2D eigenvalue weighted by molar-refractivity contribution is 0.227. The summed E-state index contributed by atoms with van der Waals surface area (Å²) in [5.74, 6) is 0.931. The van der Waals surface area contributed by atoms with E-state index in [1.165, 1.54) is 0 Å². The lowest BCUT2D eigenvalue weighted by Crippen LogP contribution is -2.32. The highest BCUT2D eigenvalue weighted by Gasteiger charge is 2.27. The van der Waals surface area contributed by atoms with Crippen molar-refractivity contribution in [2.75, 3.05) is 0 Å². The number of benzene rings is 2. The van der Waals surface area contributed by atoms with Crippen LogP contribution >= 0.6 is 0 Å². The summed E-state index contributed by atoms with van der Waals surface area (Å²) in [6.45, 7) is 7.43. The molecule has 2 heterocycles. The van der Waals surface area contributed by atoms with Crippen LogP contribution in [-0.2, 0) is 0 Å². The Morgan fingerprint density at radius 1 is 1.17 bits per heavy atom. The number of hydrogen-bond acceptors (Lipinski definition) is 4. The quantitative estimate of drug-likeness (QED) is 0.465. The molecule has 2 aromatic carbocycles. The molecule has 3 aromatic rings. The topological polar surface area (TPSA) is 52.3 Å². The molecule has 1 aliphatic rings. The predicted octanol–water partition coefficient (Wildman–Crippen LogP) is 3.97. The highest BCUT2D eigenvalue weighted by molar-refractivity contribution is 6.18. The van der Waals surface area contributed by atoms with E-state index >= 15 is 0 Å². The first-order valence-electron chi connectivity index (χ1n) is 7.99. The maximum Gasteiger partial charge on any atom is 0.284 e. The van der Waals surface area contributed by atoms with Crippen molar-refractivity contribution in [2.45, 2.75) is 33.2 Å². The molecule has 120 valence electrons. The molecule has 24 heavy (non-hydrogen) atoms. The number of aromatic nitrogens is 1. The Morgan fingerprint density at radius 2 is 1.83 bits per heavy atom. The average molecular weight is 319 g/mol. The van der Waals surface area contributed by atoms with Gasteiger partial charge in [0.1, 0.15) is 13.6 Å². The predicted molar refractivity (Wildman–Crippen MR) is 97.7 cm³/mol. The van der Waals surface area contributed by atoms with Crippen LogP contribution in [0.2, 0.25) is 0 Å². The third-order valence-corrected chi connectivity index (χ3v) is 3.78. The summed E-state index contributed by atoms with van der Waals surface area (Å²) >= 11 is 0. The monoisotopic (exact) mass is 319 g/mol. The molecular formula is C19H18BNO3. The molecular weight excluding hydrogens is 301 g/mol. The second-order valence-electron chi connectivity index (χ2n) is 5.65. The molecule has 4 nitrogen and oxygen atoms in total. The summed E-state index contributed by atoms with van der Waals surface area (Å²) in [4.78, 5) is 16.3. The van der Waals surface area contributed by atoms with Crippen molar-refractivity contribution < 1.29 is 9.15 Å². The standard InChI is InChI=1S/C17H12BNO3.C2H6/c1-9-19-16(20)13-12-7-8-17(2,18)22-14(12)10-5-3-4-6-11(10)15(13)21-9;1-2/h3-8H,1-2H3;1-2H3. The number of hydrogen-bond donors (Lipinski definition) is 0. The van der Waals surface area contributed by atoms with E-state index in [-0.39, 0.29) is 5.56 Å². The van der Waals surface area contributed by atoms with Gasteiger partial charge in [0.25, 0.3) is 5.56 Å². The van der Waals surface area contributed by atoms with Crippen LogP contribution < -0.4 is 10.3 Å². The largest absolute Gasteiger partial charge is 0.492 e. The third-order valence-electron chi connectivity index (χ3n) is 3.78. The molecule has 4 rings (SSSR count). The zero-order valence-electron chi connectivity index (χ0n) is 14.2. The molecule has 5 heteroatoms. The molecule has 1 atom stereocenters. The van der Waals surface area contributed by atoms with E-state index in [1.54, 1.807) is 19.9 Å². The Morgan fingerprint density at radius 3 is 2.54 bits per heavy atom. The van der Waals surface area contributed by atoms with Gasteiger partial charge in [-0.05, 0) is 6.92 Å². The molecule has 1 aromatic heterocycles. The van der Waals surface area contributed by atoms with Gasteiger partial charge in [0.2, 0.25) is 0 Å². The number of aryl methyl sites for hydroxylation is 1. The SMILES string of the molecule is CC.[B]C1(C)C=Cc2c(c3ccccc3c3oc(C)nc(=O)c23)O1. The van der Waals surface area contributed by atoms with E-state index in [1.807, 2.05) is 44.2 Å². The fraction of sp³-hybridized carbons (Fsp3) is 0.263. The number of nitrogens with zero attached hydrogens (tertiary/aromatic N) is 1. The summed E-state index contributed by atoms with van der Waals surface area (Å²) in [5, 5.41) is 2.09. The molecule has 1 unspecified atom stereocenters. The molecule has 0 amide bonds. The van der Waals surface area contributed by atoms with Crippen molar-refractivity contribution in [2.24, 2.45) is 0 Å². The second-order valence-corrected chi connectivity index (χ2v) is 5.65. The minimum atomic E-state index is -0.915. The van der Waals surface area contributed by atoms with Crippen LogP contribution in [-0.4, -0.2) is 18.3 Å². The molecule has 0 saturated heterocycles. The highest BCUT2D eigenvalue weighted by atomic mass is 16.5. The molecule has 0 N–H and O–H groups in total. The van der Waals surface area contributed by atoms with Crippen molar-refractivity contribution in [3.63, 3.8) is 0 Å². The Kier molecular flexibility index (Phi) is 3.95. The number of rotatable bonds is 0. The summed E-state index contributed by atoms with van der Waals surface area (Å²) in [6, 6.07) is 7.63. The van der Waals surface area contributed by atoms with E-state index < -0.39 is 5.50 Å². The van der Waals surface area contributed by atoms with Crippen molar-refractivity contribution in [3.8, 4) is 5.75 Å². The Balaban J connectivity index is 0.000000815. The maximum absolute atomic E-state index is 12.4. The zero-order chi connectivity index (χ0) is 17.5. The molecule has 1 aliphatic heterocycles. The van der Waals surface area contributed by atoms with Gasteiger partial charge in [-0.3, -0.25) is 4.79 Å². The van der Waals surface area contributed by atoms with Crippen molar-refractivity contribution in [1.82, 2.24) is 4.98 Å². The van der Waals surface area contributed by atoms with Crippen LogP contribution in [0.25, 0.3) is 27.8 Å². The van der Waals surface area contributed by atoms with Crippen LogP contribution in [0.4, 0.5) is 0 Å². The first kappa shape index (κ1) is 16.3. The van der Waals surface area contributed by atoms with Crippen LogP contribution in [0.15, 0.2) is 39.6 Å². The summed E-state index contributed by atoms with van der Waals surface area (Å²) in [5.41, 5.74) is -0.0462. The van der Waals surface area contributed by atoms with Gasteiger partial charge in [-0.1, -0.05) is 50.3 Å². The van der Waals surface area contributed by atoms with Gasteiger partial charge in [-0.25, -0.2) is 0 Å². The molecule has 0 spiro atoms. The molecule has 2 radical (unpaired) electrons. The van der Waals surface area contributed by atoms with Gasteiger partial charge in [-0.15, -0.1) is 0 Å². The van der Waals surface area contributed by atoms with Gasteiger partial charge >= 0.3 is 0 Å². The molecule has 0 bridgehead atoms. The first-order chi connectivity index (χ1) is 11.5.